The summed E-state index contributed by atoms with van der Waals surface area (Å²) in [6.07, 6.45) is 44.0. The molecule has 1 rings (SSSR count). The molecular weight excluding hydrogens is 759 g/mol. The van der Waals surface area contributed by atoms with Gasteiger partial charge in [0.25, 0.3) is 0 Å². The van der Waals surface area contributed by atoms with Crippen LogP contribution in [0, 0.1) is 0 Å². The number of amides is 1. The number of hydrogen-bond acceptors (Lipinski definition) is 7. The third-order valence-corrected chi connectivity index (χ3v) is 10.8. The number of carbonyl (C=O) groups excluding carboxylic acids is 3. The number of halogens is 2. The first kappa shape index (κ1) is 57.3. The predicted octanol–water partition coefficient (Wildman–Crippen LogP) is 12.6. The van der Waals surface area contributed by atoms with E-state index in [2.05, 4.69) is 29.1 Å². The Morgan fingerprint density at radius 2 is 0.930 bits per heavy atom. The number of carbonyl (C=O) groups is 3. The second-order valence-electron chi connectivity index (χ2n) is 16.1. The highest BCUT2D eigenvalue weighted by Crippen LogP contribution is 2.16. The Labute approximate surface area is 361 Å². The lowest BCUT2D eigenvalue weighted by atomic mass is 10.0. The summed E-state index contributed by atoms with van der Waals surface area (Å²) in [7, 11) is 0. The number of rotatable bonds is 41. The molecule has 4 N–H and O–H groups in total. The van der Waals surface area contributed by atoms with Crippen LogP contribution in [0.5, 0.6) is 0 Å². The lowest BCUT2D eigenvalue weighted by Crippen LogP contribution is -2.50. The number of nitrogens with one attached hydrogen (secondary N) is 2. The third-order valence-electron chi connectivity index (χ3n) is 10.8. The Morgan fingerprint density at radius 3 is 1.28 bits per heavy atom. The van der Waals surface area contributed by atoms with Crippen molar-refractivity contribution in [3.8, 4) is 0 Å². The van der Waals surface area contributed by atoms with Crippen molar-refractivity contribution in [3.63, 3.8) is 0 Å². The minimum absolute atomic E-state index is 0. The molecule has 9 nitrogen and oxygen atoms in total. The van der Waals surface area contributed by atoms with Gasteiger partial charge < -0.3 is 25.5 Å². The summed E-state index contributed by atoms with van der Waals surface area (Å²) in [6.45, 7) is 5.11. The first-order valence-electron chi connectivity index (χ1n) is 23.3. The van der Waals surface area contributed by atoms with Gasteiger partial charge in [-0.25, -0.2) is 9.78 Å². The number of unbranched alkanes of at least 4 members (excludes halogenated alkanes) is 30. The number of hydrogen-bond donors (Lipinski definition) is 3. The van der Waals surface area contributed by atoms with Gasteiger partial charge in [0.15, 0.2) is 0 Å². The van der Waals surface area contributed by atoms with E-state index in [1.54, 1.807) is 12.4 Å². The molecule has 0 fully saturated rings. The molecule has 1 amide bonds. The van der Waals surface area contributed by atoms with Gasteiger partial charge in [0.05, 0.1) is 25.7 Å². The molecule has 0 saturated carbocycles. The number of nitrogens with two attached hydrogens (primary N) is 1. The lowest BCUT2D eigenvalue weighted by Gasteiger charge is -2.19. The van der Waals surface area contributed by atoms with Crippen LogP contribution in [0.15, 0.2) is 12.4 Å². The Morgan fingerprint density at radius 1 is 0.579 bits per heavy atom. The average Bonchev–Trinajstić information content (AvgIpc) is 3.70. The number of H-pyrrole nitrogens is 1. The topological polar surface area (TPSA) is 136 Å². The Bertz CT molecular complexity index is 1020. The molecule has 0 aromatic carbocycles. The maximum absolute atomic E-state index is 13.0. The van der Waals surface area contributed by atoms with Gasteiger partial charge in [-0.1, -0.05) is 206 Å². The number of aromatic amines is 1. The van der Waals surface area contributed by atoms with Gasteiger partial charge in [0.1, 0.15) is 11.9 Å². The van der Waals surface area contributed by atoms with Crippen LogP contribution in [0.1, 0.15) is 232 Å². The van der Waals surface area contributed by atoms with E-state index >= 15 is 0 Å². The fourth-order valence-corrected chi connectivity index (χ4v) is 7.17. The molecule has 0 aliphatic carbocycles. The van der Waals surface area contributed by atoms with Crippen molar-refractivity contribution in [1.29, 1.82) is 0 Å². The zero-order valence-corrected chi connectivity index (χ0v) is 38.3. The number of imidazole rings is 1. The molecular formula is C46H88Cl2N4O5. The molecule has 57 heavy (non-hydrogen) atoms. The minimum Gasteiger partial charge on any atom is -0.466 e. The fourth-order valence-electron chi connectivity index (χ4n) is 7.17. The van der Waals surface area contributed by atoms with Gasteiger partial charge in [-0.2, -0.15) is 0 Å². The second kappa shape index (κ2) is 43.7. The summed E-state index contributed by atoms with van der Waals surface area (Å²) >= 11 is 0. The van der Waals surface area contributed by atoms with Gasteiger partial charge in [-0.05, 0) is 12.8 Å². The Balaban J connectivity index is 0. The first-order valence-corrected chi connectivity index (χ1v) is 23.3. The van der Waals surface area contributed by atoms with E-state index in [1.165, 1.54) is 167 Å². The van der Waals surface area contributed by atoms with Gasteiger partial charge >= 0.3 is 11.9 Å². The van der Waals surface area contributed by atoms with E-state index in [4.69, 9.17) is 15.2 Å². The standard InChI is InChI=1S/C46H86N4O5.2ClH/c1-3-5-7-9-11-13-15-17-19-21-23-25-27-29-31-33-37-54-44(51)40-42(50-45(52)41(47)39-43-48-35-36-49-43)46(53)55-38-34-32-30-28-26-24-22-20-18-16-14-12-10-8-6-4-2;;/h35-36,41-42H,3-34,37-40,47H2,1-2H3,(H,48,49)(H,50,52);2*1H/t41-,42+;;/m0../s1. The normalized spacial score (nSPS) is 12.0. The molecule has 0 spiro atoms. The van der Waals surface area contributed by atoms with Crippen LogP contribution < -0.4 is 11.1 Å². The Hall–Kier alpha value is -1.84. The van der Waals surface area contributed by atoms with Crippen molar-refractivity contribution >= 4 is 42.7 Å². The third kappa shape index (κ3) is 36.9. The highest BCUT2D eigenvalue weighted by molar-refractivity contribution is 5.90. The summed E-state index contributed by atoms with van der Waals surface area (Å²) < 4.78 is 11.0. The highest BCUT2D eigenvalue weighted by atomic mass is 35.5. The highest BCUT2D eigenvalue weighted by Gasteiger charge is 2.28. The van der Waals surface area contributed by atoms with Crippen molar-refractivity contribution < 1.29 is 23.9 Å². The van der Waals surface area contributed by atoms with E-state index in [0.717, 1.165) is 38.5 Å². The van der Waals surface area contributed by atoms with Crippen molar-refractivity contribution in [3.05, 3.63) is 18.2 Å². The zero-order valence-electron chi connectivity index (χ0n) is 36.6. The molecule has 336 valence electrons. The molecule has 0 aliphatic rings. The fraction of sp³-hybridized carbons (Fsp3) is 0.870. The van der Waals surface area contributed by atoms with Crippen molar-refractivity contribution in [2.24, 2.45) is 5.73 Å². The smallest absolute Gasteiger partial charge is 0.329 e. The summed E-state index contributed by atoms with van der Waals surface area (Å²) in [5, 5.41) is 2.64. The first-order chi connectivity index (χ1) is 27.0. The largest absolute Gasteiger partial charge is 0.466 e. The van der Waals surface area contributed by atoms with Gasteiger partial charge in [-0.15, -0.1) is 24.8 Å². The quantitative estimate of drug-likeness (QED) is 0.0441. The van der Waals surface area contributed by atoms with Gasteiger partial charge in [-0.3, -0.25) is 9.59 Å². The second-order valence-corrected chi connectivity index (χ2v) is 16.1. The molecule has 0 radical (unpaired) electrons. The molecule has 1 aromatic heterocycles. The van der Waals surface area contributed by atoms with E-state index in [0.29, 0.717) is 12.4 Å². The van der Waals surface area contributed by atoms with Gasteiger partial charge in [0, 0.05) is 18.8 Å². The summed E-state index contributed by atoms with van der Waals surface area (Å²) in [4.78, 5) is 45.7. The average molecular weight is 848 g/mol. The van der Waals surface area contributed by atoms with Crippen molar-refractivity contribution in [1.82, 2.24) is 15.3 Å². The summed E-state index contributed by atoms with van der Waals surface area (Å²) in [5.41, 5.74) is 6.10. The molecule has 0 aliphatic heterocycles. The van der Waals surface area contributed by atoms with Crippen LogP contribution >= 0.6 is 24.8 Å². The van der Waals surface area contributed by atoms with Crippen LogP contribution in [0.3, 0.4) is 0 Å². The lowest BCUT2D eigenvalue weighted by molar-refractivity contribution is -0.154. The zero-order chi connectivity index (χ0) is 39.9. The Kier molecular flexibility index (Phi) is 43.9. The van der Waals surface area contributed by atoms with Crippen LogP contribution in [0.2, 0.25) is 0 Å². The van der Waals surface area contributed by atoms with Crippen LogP contribution in [0.4, 0.5) is 0 Å². The predicted molar refractivity (Wildman–Crippen MR) is 242 cm³/mol. The van der Waals surface area contributed by atoms with E-state index in [-0.39, 0.29) is 44.3 Å². The number of ether oxygens (including phenoxy) is 2. The molecule has 0 saturated heterocycles. The molecule has 1 heterocycles. The SMILES string of the molecule is CCCCCCCCCCCCCCCCCCOC(=O)C[C@@H](NC(=O)[C@@H](N)Cc1ncc[nH]1)C(=O)OCCCCCCCCCCCCCCCCCC.Cl.Cl. The summed E-state index contributed by atoms with van der Waals surface area (Å²) in [6, 6.07) is -2.07. The number of nitrogens with zero attached hydrogens (tertiary/aromatic N) is 1. The molecule has 0 unspecified atom stereocenters. The van der Waals surface area contributed by atoms with Crippen molar-refractivity contribution in [2.75, 3.05) is 13.2 Å². The van der Waals surface area contributed by atoms with Crippen LogP contribution in [-0.2, 0) is 30.3 Å². The number of aromatic nitrogens is 2. The van der Waals surface area contributed by atoms with E-state index in [9.17, 15) is 14.4 Å². The minimum atomic E-state index is -1.14. The molecule has 2 atom stereocenters. The molecule has 1 aromatic rings. The van der Waals surface area contributed by atoms with E-state index < -0.39 is 29.9 Å². The van der Waals surface area contributed by atoms with E-state index in [1.807, 2.05) is 0 Å². The van der Waals surface area contributed by atoms with Gasteiger partial charge in [0.2, 0.25) is 5.91 Å². The monoisotopic (exact) mass is 847 g/mol. The van der Waals surface area contributed by atoms with Crippen LogP contribution in [-0.4, -0.2) is 53.1 Å². The summed E-state index contributed by atoms with van der Waals surface area (Å²) in [5.74, 6) is -1.11. The maximum Gasteiger partial charge on any atom is 0.329 e. The molecule has 11 heteroatoms. The molecule has 0 bridgehead atoms. The maximum atomic E-state index is 13.0. The van der Waals surface area contributed by atoms with Crippen LogP contribution in [0.25, 0.3) is 0 Å². The number of esters is 2. The van der Waals surface area contributed by atoms with Crippen molar-refractivity contribution in [2.45, 2.75) is 244 Å².